The minimum atomic E-state index is 0.229. The molecule has 4 heteroatoms. The van der Waals surface area contributed by atoms with Crippen LogP contribution in [0.25, 0.3) is 0 Å². The Kier molecular flexibility index (Phi) is 3.28. The standard InChI is InChI=1S/C11H17N3O/c1-8(11-7-12-4-5-13-11)14-10-3-6-15-9(10)2/h4-5,7-10,14H,3,6H2,1-2H3. The summed E-state index contributed by atoms with van der Waals surface area (Å²) in [7, 11) is 0. The maximum Gasteiger partial charge on any atom is 0.0753 e. The molecule has 1 saturated heterocycles. The van der Waals surface area contributed by atoms with Crippen LogP contribution in [0.4, 0.5) is 0 Å². The number of nitrogens with zero attached hydrogens (tertiary/aromatic N) is 2. The van der Waals surface area contributed by atoms with Gasteiger partial charge >= 0.3 is 0 Å². The van der Waals surface area contributed by atoms with Crippen molar-refractivity contribution in [2.75, 3.05) is 6.61 Å². The number of hydrogen-bond acceptors (Lipinski definition) is 4. The van der Waals surface area contributed by atoms with E-state index in [9.17, 15) is 0 Å². The fourth-order valence-electron chi connectivity index (χ4n) is 1.89. The van der Waals surface area contributed by atoms with Crippen LogP contribution >= 0.6 is 0 Å². The molecule has 0 bridgehead atoms. The third kappa shape index (κ3) is 2.52. The van der Waals surface area contributed by atoms with Crippen LogP contribution in [0.1, 0.15) is 32.0 Å². The number of hydrogen-bond donors (Lipinski definition) is 1. The highest BCUT2D eigenvalue weighted by atomic mass is 16.5. The summed E-state index contributed by atoms with van der Waals surface area (Å²) >= 11 is 0. The van der Waals surface area contributed by atoms with E-state index in [1.54, 1.807) is 18.6 Å². The Labute approximate surface area is 90.1 Å². The number of aromatic nitrogens is 2. The van der Waals surface area contributed by atoms with E-state index in [2.05, 4.69) is 29.1 Å². The van der Waals surface area contributed by atoms with Gasteiger partial charge in [0.05, 0.1) is 11.8 Å². The molecular formula is C11H17N3O. The summed E-state index contributed by atoms with van der Waals surface area (Å²) in [4.78, 5) is 8.35. The van der Waals surface area contributed by atoms with Crippen LogP contribution < -0.4 is 5.32 Å². The summed E-state index contributed by atoms with van der Waals surface area (Å²) in [5.41, 5.74) is 0.983. The summed E-state index contributed by atoms with van der Waals surface area (Å²) in [6, 6.07) is 0.662. The minimum absolute atomic E-state index is 0.229. The Morgan fingerprint density at radius 1 is 1.53 bits per heavy atom. The first kappa shape index (κ1) is 10.5. The molecule has 0 aromatic carbocycles. The molecule has 4 nitrogen and oxygen atoms in total. The van der Waals surface area contributed by atoms with Gasteiger partial charge in [-0.3, -0.25) is 9.97 Å². The highest BCUT2D eigenvalue weighted by Gasteiger charge is 2.25. The molecule has 0 amide bonds. The summed E-state index contributed by atoms with van der Waals surface area (Å²) in [6.45, 7) is 5.06. The quantitative estimate of drug-likeness (QED) is 0.811. The van der Waals surface area contributed by atoms with Crippen molar-refractivity contribution in [3.05, 3.63) is 24.3 Å². The second kappa shape index (κ2) is 4.68. The molecule has 3 atom stereocenters. The van der Waals surface area contributed by atoms with Gasteiger partial charge < -0.3 is 10.1 Å². The van der Waals surface area contributed by atoms with Gasteiger partial charge in [-0.2, -0.15) is 0 Å². The molecule has 3 unspecified atom stereocenters. The largest absolute Gasteiger partial charge is 0.377 e. The highest BCUT2D eigenvalue weighted by molar-refractivity contribution is 5.01. The van der Waals surface area contributed by atoms with Crippen LogP contribution in [0.2, 0.25) is 0 Å². The third-order valence-corrected chi connectivity index (χ3v) is 2.87. The predicted octanol–water partition coefficient (Wildman–Crippen LogP) is 1.30. The van der Waals surface area contributed by atoms with Gasteiger partial charge in [-0.05, 0) is 20.3 Å². The SMILES string of the molecule is CC(NC1CCOC1C)c1cnccn1. The van der Waals surface area contributed by atoms with Crippen LogP contribution in [-0.2, 0) is 4.74 Å². The van der Waals surface area contributed by atoms with E-state index in [4.69, 9.17) is 4.74 Å². The first-order valence-corrected chi connectivity index (χ1v) is 5.41. The van der Waals surface area contributed by atoms with E-state index in [-0.39, 0.29) is 6.04 Å². The molecule has 0 saturated carbocycles. The second-order valence-electron chi connectivity index (χ2n) is 3.99. The molecule has 15 heavy (non-hydrogen) atoms. The fourth-order valence-corrected chi connectivity index (χ4v) is 1.89. The van der Waals surface area contributed by atoms with Crippen LogP contribution in [0, 0.1) is 0 Å². The second-order valence-corrected chi connectivity index (χ2v) is 3.99. The van der Waals surface area contributed by atoms with E-state index < -0.39 is 0 Å². The molecule has 1 aliphatic rings. The molecule has 1 N–H and O–H groups in total. The van der Waals surface area contributed by atoms with Crippen molar-refractivity contribution < 1.29 is 4.74 Å². The van der Waals surface area contributed by atoms with Gasteiger partial charge in [0, 0.05) is 37.3 Å². The third-order valence-electron chi connectivity index (χ3n) is 2.87. The van der Waals surface area contributed by atoms with E-state index in [0.29, 0.717) is 12.1 Å². The maximum absolute atomic E-state index is 5.50. The predicted molar refractivity (Wildman–Crippen MR) is 57.4 cm³/mol. The molecule has 2 rings (SSSR count). The molecule has 1 aromatic rings. The van der Waals surface area contributed by atoms with Crippen molar-refractivity contribution in [3.8, 4) is 0 Å². The monoisotopic (exact) mass is 207 g/mol. The van der Waals surface area contributed by atoms with Gasteiger partial charge in [0.2, 0.25) is 0 Å². The van der Waals surface area contributed by atoms with E-state index >= 15 is 0 Å². The van der Waals surface area contributed by atoms with Gasteiger partial charge in [-0.25, -0.2) is 0 Å². The van der Waals surface area contributed by atoms with E-state index in [1.807, 2.05) is 0 Å². The average molecular weight is 207 g/mol. The normalized spacial score (nSPS) is 27.9. The summed E-state index contributed by atoms with van der Waals surface area (Å²) < 4.78 is 5.50. The Morgan fingerprint density at radius 3 is 3.00 bits per heavy atom. The minimum Gasteiger partial charge on any atom is -0.377 e. The van der Waals surface area contributed by atoms with Crippen molar-refractivity contribution in [2.24, 2.45) is 0 Å². The summed E-state index contributed by atoms with van der Waals surface area (Å²) in [5, 5.41) is 3.52. The van der Waals surface area contributed by atoms with Crippen molar-refractivity contribution in [1.29, 1.82) is 0 Å². The zero-order valence-electron chi connectivity index (χ0n) is 9.18. The van der Waals surface area contributed by atoms with Crippen LogP contribution in [0.15, 0.2) is 18.6 Å². The molecule has 1 aliphatic heterocycles. The lowest BCUT2D eigenvalue weighted by atomic mass is 10.1. The summed E-state index contributed by atoms with van der Waals surface area (Å²) in [5.74, 6) is 0. The van der Waals surface area contributed by atoms with Gasteiger partial charge in [0.1, 0.15) is 0 Å². The molecule has 1 aromatic heterocycles. The molecular weight excluding hydrogens is 190 g/mol. The number of rotatable bonds is 3. The molecule has 0 aliphatic carbocycles. The lowest BCUT2D eigenvalue weighted by Crippen LogP contribution is -2.36. The maximum atomic E-state index is 5.50. The average Bonchev–Trinajstić information content (AvgIpc) is 2.66. The fraction of sp³-hybridized carbons (Fsp3) is 0.636. The van der Waals surface area contributed by atoms with Gasteiger partial charge in [-0.1, -0.05) is 0 Å². The van der Waals surface area contributed by atoms with Crippen molar-refractivity contribution in [2.45, 2.75) is 38.5 Å². The smallest absolute Gasteiger partial charge is 0.0753 e. The van der Waals surface area contributed by atoms with Crippen LogP contribution in [0.3, 0.4) is 0 Å². The molecule has 1 fully saturated rings. The lowest BCUT2D eigenvalue weighted by molar-refractivity contribution is 0.111. The zero-order chi connectivity index (χ0) is 10.7. The molecule has 2 heterocycles. The Bertz CT molecular complexity index is 304. The molecule has 0 spiro atoms. The van der Waals surface area contributed by atoms with Gasteiger partial charge in [0.15, 0.2) is 0 Å². The van der Waals surface area contributed by atoms with Crippen LogP contribution in [-0.4, -0.2) is 28.7 Å². The van der Waals surface area contributed by atoms with E-state index in [1.165, 1.54) is 0 Å². The van der Waals surface area contributed by atoms with Gasteiger partial charge in [0.25, 0.3) is 0 Å². The van der Waals surface area contributed by atoms with Gasteiger partial charge in [-0.15, -0.1) is 0 Å². The first-order valence-electron chi connectivity index (χ1n) is 5.41. The number of nitrogens with one attached hydrogen (secondary N) is 1. The summed E-state index contributed by atoms with van der Waals surface area (Å²) in [6.07, 6.45) is 6.59. The first-order chi connectivity index (χ1) is 7.27. The van der Waals surface area contributed by atoms with Crippen molar-refractivity contribution >= 4 is 0 Å². The Morgan fingerprint density at radius 2 is 2.40 bits per heavy atom. The lowest BCUT2D eigenvalue weighted by Gasteiger charge is -2.20. The van der Waals surface area contributed by atoms with Crippen molar-refractivity contribution in [1.82, 2.24) is 15.3 Å². The highest BCUT2D eigenvalue weighted by Crippen LogP contribution is 2.17. The molecule has 0 radical (unpaired) electrons. The number of ether oxygens (including phenoxy) is 1. The topological polar surface area (TPSA) is 47.0 Å². The Hall–Kier alpha value is -1.00. The van der Waals surface area contributed by atoms with Crippen LogP contribution in [0.5, 0.6) is 0 Å². The molecule has 82 valence electrons. The van der Waals surface area contributed by atoms with Crippen molar-refractivity contribution in [3.63, 3.8) is 0 Å². The Balaban J connectivity index is 1.95. The zero-order valence-corrected chi connectivity index (χ0v) is 9.18. The van der Waals surface area contributed by atoms with E-state index in [0.717, 1.165) is 18.7 Å².